The van der Waals surface area contributed by atoms with Crippen molar-refractivity contribution in [2.24, 2.45) is 0 Å². The number of imidazole rings is 1. The van der Waals surface area contributed by atoms with Crippen molar-refractivity contribution >= 4 is 27.4 Å². The zero-order chi connectivity index (χ0) is 14.4. The summed E-state index contributed by atoms with van der Waals surface area (Å²) in [6, 6.07) is 6.97. The maximum Gasteiger partial charge on any atom is 0.139 e. The van der Waals surface area contributed by atoms with Gasteiger partial charge in [-0.05, 0) is 47.1 Å². The largest absolute Gasteiger partial charge is 0.383 e. The molecular formula is C14H10BrF2N3. The summed E-state index contributed by atoms with van der Waals surface area (Å²) >= 11 is 3.41. The number of pyridine rings is 1. The Morgan fingerprint density at radius 3 is 2.65 bits per heavy atom. The maximum absolute atomic E-state index is 13.9. The molecule has 102 valence electrons. The molecule has 0 bridgehead atoms. The Kier molecular flexibility index (Phi) is 2.97. The summed E-state index contributed by atoms with van der Waals surface area (Å²) in [5.41, 5.74) is 8.03. The van der Waals surface area contributed by atoms with E-state index in [1.165, 1.54) is 12.1 Å². The molecule has 0 saturated carbocycles. The molecule has 20 heavy (non-hydrogen) atoms. The summed E-state index contributed by atoms with van der Waals surface area (Å²) in [5.74, 6) is -0.992. The summed E-state index contributed by atoms with van der Waals surface area (Å²) in [5, 5.41) is 0. The molecule has 0 spiro atoms. The van der Waals surface area contributed by atoms with Crippen molar-refractivity contribution in [2.75, 3.05) is 5.73 Å². The van der Waals surface area contributed by atoms with Crippen molar-refractivity contribution in [1.29, 1.82) is 0 Å². The highest BCUT2D eigenvalue weighted by molar-refractivity contribution is 9.10. The van der Waals surface area contributed by atoms with Gasteiger partial charge < -0.3 is 5.73 Å². The lowest BCUT2D eigenvalue weighted by molar-refractivity contribution is 0.585. The second kappa shape index (κ2) is 4.56. The molecule has 0 aliphatic rings. The van der Waals surface area contributed by atoms with E-state index in [0.29, 0.717) is 17.2 Å². The van der Waals surface area contributed by atoms with Crippen molar-refractivity contribution < 1.29 is 8.78 Å². The third kappa shape index (κ3) is 1.87. The fourth-order valence-corrected chi connectivity index (χ4v) is 2.48. The van der Waals surface area contributed by atoms with Crippen LogP contribution in [0.5, 0.6) is 0 Å². The van der Waals surface area contributed by atoms with Crippen LogP contribution in [0.4, 0.5) is 14.6 Å². The molecule has 3 rings (SSSR count). The van der Waals surface area contributed by atoms with Crippen LogP contribution >= 0.6 is 15.9 Å². The lowest BCUT2D eigenvalue weighted by Crippen LogP contribution is -1.99. The van der Waals surface area contributed by atoms with Crippen LogP contribution in [-0.2, 0) is 0 Å². The first-order chi connectivity index (χ1) is 9.49. The highest BCUT2D eigenvalue weighted by Crippen LogP contribution is 2.31. The van der Waals surface area contributed by atoms with E-state index in [4.69, 9.17) is 5.73 Å². The molecule has 6 heteroatoms. The first-order valence-electron chi connectivity index (χ1n) is 5.87. The third-order valence-electron chi connectivity index (χ3n) is 3.19. The SMILES string of the molecule is Cc1c(Br)ccc2nc(-c3ccc(F)cc3F)c(N)n12. The fourth-order valence-electron chi connectivity index (χ4n) is 2.17. The monoisotopic (exact) mass is 337 g/mol. The molecule has 3 aromatic rings. The number of anilines is 1. The predicted octanol–water partition coefficient (Wildman–Crippen LogP) is 3.93. The van der Waals surface area contributed by atoms with Gasteiger partial charge in [0.1, 0.15) is 28.8 Å². The highest BCUT2D eigenvalue weighted by atomic mass is 79.9. The van der Waals surface area contributed by atoms with Gasteiger partial charge in [-0.2, -0.15) is 0 Å². The predicted molar refractivity (Wildman–Crippen MR) is 77.4 cm³/mol. The van der Waals surface area contributed by atoms with Crippen LogP contribution in [0.3, 0.4) is 0 Å². The second-order valence-electron chi connectivity index (χ2n) is 4.43. The normalized spacial score (nSPS) is 11.2. The van der Waals surface area contributed by atoms with E-state index in [1.807, 2.05) is 13.0 Å². The number of nitrogens with zero attached hydrogens (tertiary/aromatic N) is 2. The van der Waals surface area contributed by atoms with Gasteiger partial charge in [0.05, 0.1) is 0 Å². The van der Waals surface area contributed by atoms with Gasteiger partial charge in [0.2, 0.25) is 0 Å². The zero-order valence-electron chi connectivity index (χ0n) is 10.5. The first-order valence-corrected chi connectivity index (χ1v) is 6.67. The van der Waals surface area contributed by atoms with Gasteiger partial charge >= 0.3 is 0 Å². The van der Waals surface area contributed by atoms with E-state index in [2.05, 4.69) is 20.9 Å². The smallest absolute Gasteiger partial charge is 0.139 e. The highest BCUT2D eigenvalue weighted by Gasteiger charge is 2.17. The van der Waals surface area contributed by atoms with Crippen molar-refractivity contribution in [2.45, 2.75) is 6.92 Å². The van der Waals surface area contributed by atoms with Gasteiger partial charge in [0, 0.05) is 21.8 Å². The van der Waals surface area contributed by atoms with Crippen molar-refractivity contribution in [3.05, 3.63) is 52.1 Å². The van der Waals surface area contributed by atoms with Crippen LogP contribution in [0.2, 0.25) is 0 Å². The number of nitrogens with two attached hydrogens (primary N) is 1. The van der Waals surface area contributed by atoms with Gasteiger partial charge in [0.25, 0.3) is 0 Å². The quantitative estimate of drug-likeness (QED) is 0.731. The molecule has 0 unspecified atom stereocenters. The van der Waals surface area contributed by atoms with Gasteiger partial charge in [-0.25, -0.2) is 13.8 Å². The lowest BCUT2D eigenvalue weighted by atomic mass is 10.1. The minimum Gasteiger partial charge on any atom is -0.383 e. The number of aryl methyl sites for hydroxylation is 1. The van der Waals surface area contributed by atoms with E-state index < -0.39 is 11.6 Å². The van der Waals surface area contributed by atoms with E-state index >= 15 is 0 Å². The van der Waals surface area contributed by atoms with Crippen LogP contribution < -0.4 is 5.73 Å². The minimum atomic E-state index is -0.683. The minimum absolute atomic E-state index is 0.183. The van der Waals surface area contributed by atoms with Crippen molar-refractivity contribution in [3.63, 3.8) is 0 Å². The Balaban J connectivity index is 2.32. The zero-order valence-corrected chi connectivity index (χ0v) is 12.1. The number of aromatic nitrogens is 2. The molecule has 2 heterocycles. The fraction of sp³-hybridized carbons (Fsp3) is 0.0714. The molecule has 1 aromatic carbocycles. The second-order valence-corrected chi connectivity index (χ2v) is 5.28. The lowest BCUT2D eigenvalue weighted by Gasteiger charge is -2.05. The summed E-state index contributed by atoms with van der Waals surface area (Å²) in [6.45, 7) is 1.87. The summed E-state index contributed by atoms with van der Waals surface area (Å²) in [6.07, 6.45) is 0. The summed E-state index contributed by atoms with van der Waals surface area (Å²) in [7, 11) is 0. The van der Waals surface area contributed by atoms with Crippen LogP contribution in [0.1, 0.15) is 5.69 Å². The summed E-state index contributed by atoms with van der Waals surface area (Å²) < 4.78 is 29.5. The topological polar surface area (TPSA) is 43.3 Å². The van der Waals surface area contributed by atoms with E-state index in [9.17, 15) is 8.78 Å². The van der Waals surface area contributed by atoms with E-state index in [0.717, 1.165) is 16.2 Å². The Morgan fingerprint density at radius 1 is 1.20 bits per heavy atom. The summed E-state index contributed by atoms with van der Waals surface area (Å²) in [4.78, 5) is 4.33. The molecular weight excluding hydrogens is 328 g/mol. The van der Waals surface area contributed by atoms with Crippen LogP contribution in [-0.4, -0.2) is 9.38 Å². The number of fused-ring (bicyclic) bond motifs is 1. The Hall–Kier alpha value is -1.95. The van der Waals surface area contributed by atoms with Crippen LogP contribution in [0.15, 0.2) is 34.8 Å². The van der Waals surface area contributed by atoms with Crippen LogP contribution in [0, 0.1) is 18.6 Å². The number of benzene rings is 1. The molecule has 0 aliphatic heterocycles. The third-order valence-corrected chi connectivity index (χ3v) is 4.02. The molecule has 0 amide bonds. The maximum atomic E-state index is 13.9. The molecule has 0 radical (unpaired) electrons. The number of rotatable bonds is 1. The average Bonchev–Trinajstić information content (AvgIpc) is 2.72. The molecule has 0 saturated heterocycles. The molecule has 0 aliphatic carbocycles. The number of halogens is 3. The first kappa shape index (κ1) is 13.1. The van der Waals surface area contributed by atoms with Gasteiger partial charge in [-0.15, -0.1) is 0 Å². The van der Waals surface area contributed by atoms with Gasteiger partial charge in [-0.1, -0.05) is 0 Å². The van der Waals surface area contributed by atoms with Crippen LogP contribution in [0.25, 0.3) is 16.9 Å². The number of hydrogen-bond donors (Lipinski definition) is 1. The van der Waals surface area contributed by atoms with Crippen molar-refractivity contribution in [1.82, 2.24) is 9.38 Å². The van der Waals surface area contributed by atoms with E-state index in [-0.39, 0.29) is 5.56 Å². The molecule has 2 aromatic heterocycles. The molecule has 0 atom stereocenters. The van der Waals surface area contributed by atoms with E-state index in [1.54, 1.807) is 10.5 Å². The molecule has 2 N–H and O–H groups in total. The Bertz CT molecular complexity index is 827. The Labute approximate surface area is 122 Å². The number of nitrogen functional groups attached to an aromatic ring is 1. The average molecular weight is 338 g/mol. The molecule has 0 fully saturated rings. The standard InChI is InChI=1S/C14H10BrF2N3/c1-7-10(15)4-5-12-19-13(14(18)20(7)12)9-3-2-8(16)6-11(9)17/h2-6H,18H2,1H3. The number of hydrogen-bond acceptors (Lipinski definition) is 2. The van der Waals surface area contributed by atoms with Crippen molar-refractivity contribution in [3.8, 4) is 11.3 Å². The van der Waals surface area contributed by atoms with Gasteiger partial charge in [-0.3, -0.25) is 4.40 Å². The Morgan fingerprint density at radius 2 is 1.95 bits per heavy atom. The van der Waals surface area contributed by atoms with Gasteiger partial charge in [0.15, 0.2) is 0 Å². The molecule has 3 nitrogen and oxygen atoms in total.